The molecular weight excluding hydrogens is 284 g/mol. The molecule has 0 radical (unpaired) electrons. The normalized spacial score (nSPS) is 9.38. The van der Waals surface area contributed by atoms with Crippen molar-refractivity contribution in [1.29, 1.82) is 5.26 Å². The third kappa shape index (κ3) is 3.99. The fraction of sp³-hybridized carbons (Fsp3) is 0.176. The summed E-state index contributed by atoms with van der Waals surface area (Å²) in [4.78, 5) is 4.01. The van der Waals surface area contributed by atoms with Gasteiger partial charge in [0.05, 0.1) is 11.4 Å². The van der Waals surface area contributed by atoms with E-state index in [4.69, 9.17) is 21.6 Å². The Hall–Kier alpha value is -2.49. The number of nitriles is 1. The third-order valence-electron chi connectivity index (χ3n) is 2.81. The molecule has 1 aromatic heterocycles. The van der Waals surface area contributed by atoms with Crippen molar-refractivity contribution in [3.8, 4) is 23.7 Å². The quantitative estimate of drug-likeness (QED) is 0.644. The second kappa shape index (κ2) is 7.33. The van der Waals surface area contributed by atoms with Crippen molar-refractivity contribution in [2.75, 3.05) is 5.88 Å². The number of hydrogen-bond acceptors (Lipinski definition) is 3. The Kier molecular flexibility index (Phi) is 5.21. The summed E-state index contributed by atoms with van der Waals surface area (Å²) in [5, 5.41) is 9.02. The molecule has 0 unspecified atom stereocenters. The standard InChI is InChI=1S/C17H13ClN2O/c1-13-6-7-17(14(10-13)4-2-8-18)21-12-15-5-3-9-20-16(15)11-19/h3,5-7,9-10H,8,12H2,1H3. The summed E-state index contributed by atoms with van der Waals surface area (Å²) in [6.07, 6.45) is 1.59. The van der Waals surface area contributed by atoms with Crippen LogP contribution in [0.5, 0.6) is 5.75 Å². The molecule has 0 saturated carbocycles. The number of nitrogens with zero attached hydrogens (tertiary/aromatic N) is 2. The molecule has 104 valence electrons. The van der Waals surface area contributed by atoms with E-state index in [-0.39, 0.29) is 12.5 Å². The Labute approximate surface area is 129 Å². The first kappa shape index (κ1) is 14.9. The minimum atomic E-state index is 0.272. The molecule has 0 atom stereocenters. The predicted octanol–water partition coefficient (Wildman–Crippen LogP) is 3.43. The van der Waals surface area contributed by atoms with Gasteiger partial charge in [-0.15, -0.1) is 11.6 Å². The Morgan fingerprint density at radius 1 is 1.33 bits per heavy atom. The van der Waals surface area contributed by atoms with Gasteiger partial charge in [0.15, 0.2) is 0 Å². The fourth-order valence-corrected chi connectivity index (χ4v) is 1.87. The van der Waals surface area contributed by atoms with Crippen LogP contribution in [0.2, 0.25) is 0 Å². The molecule has 0 spiro atoms. The molecule has 0 aliphatic heterocycles. The van der Waals surface area contributed by atoms with E-state index >= 15 is 0 Å². The molecule has 0 N–H and O–H groups in total. The van der Waals surface area contributed by atoms with E-state index in [9.17, 15) is 0 Å². The highest BCUT2D eigenvalue weighted by molar-refractivity contribution is 6.19. The minimum Gasteiger partial charge on any atom is -0.487 e. The second-order valence-corrected chi connectivity index (χ2v) is 4.61. The molecule has 2 rings (SSSR count). The highest BCUT2D eigenvalue weighted by Gasteiger charge is 2.06. The minimum absolute atomic E-state index is 0.272. The van der Waals surface area contributed by atoms with E-state index < -0.39 is 0 Å². The molecule has 3 nitrogen and oxygen atoms in total. The number of rotatable bonds is 3. The Bertz CT molecular complexity index is 738. The van der Waals surface area contributed by atoms with Gasteiger partial charge in [-0.25, -0.2) is 4.98 Å². The number of pyridine rings is 1. The highest BCUT2D eigenvalue weighted by atomic mass is 35.5. The van der Waals surface area contributed by atoms with Crippen molar-refractivity contribution < 1.29 is 4.74 Å². The van der Waals surface area contributed by atoms with E-state index in [1.54, 1.807) is 12.3 Å². The highest BCUT2D eigenvalue weighted by Crippen LogP contribution is 2.20. The van der Waals surface area contributed by atoms with Crippen LogP contribution >= 0.6 is 11.6 Å². The first-order chi connectivity index (χ1) is 10.2. The van der Waals surface area contributed by atoms with Crippen molar-refractivity contribution in [3.05, 3.63) is 58.9 Å². The Morgan fingerprint density at radius 2 is 2.19 bits per heavy atom. The maximum absolute atomic E-state index is 9.02. The van der Waals surface area contributed by atoms with Crippen molar-refractivity contribution in [2.45, 2.75) is 13.5 Å². The Balaban J connectivity index is 2.22. The van der Waals surface area contributed by atoms with E-state index in [0.29, 0.717) is 11.4 Å². The molecule has 0 bridgehead atoms. The summed E-state index contributed by atoms with van der Waals surface area (Å²) < 4.78 is 5.78. The largest absolute Gasteiger partial charge is 0.487 e. The molecule has 2 aromatic rings. The summed E-state index contributed by atoms with van der Waals surface area (Å²) in [5.41, 5.74) is 3.01. The van der Waals surface area contributed by atoms with Crippen LogP contribution in [0.3, 0.4) is 0 Å². The van der Waals surface area contributed by atoms with E-state index in [0.717, 1.165) is 16.7 Å². The number of halogens is 1. The zero-order valence-electron chi connectivity index (χ0n) is 11.6. The van der Waals surface area contributed by atoms with Crippen molar-refractivity contribution in [1.82, 2.24) is 4.98 Å². The zero-order chi connectivity index (χ0) is 15.1. The van der Waals surface area contributed by atoms with Crippen molar-refractivity contribution in [3.63, 3.8) is 0 Å². The van der Waals surface area contributed by atoms with Crippen LogP contribution in [0.4, 0.5) is 0 Å². The van der Waals surface area contributed by atoms with Gasteiger partial charge in [0.2, 0.25) is 0 Å². The van der Waals surface area contributed by atoms with Crippen LogP contribution in [0, 0.1) is 30.1 Å². The lowest BCUT2D eigenvalue weighted by Gasteiger charge is -2.09. The number of ether oxygens (including phenoxy) is 1. The van der Waals surface area contributed by atoms with E-state index in [1.165, 1.54) is 0 Å². The maximum Gasteiger partial charge on any atom is 0.147 e. The average Bonchev–Trinajstić information content (AvgIpc) is 2.52. The average molecular weight is 297 g/mol. The van der Waals surface area contributed by atoms with Crippen LogP contribution in [0.1, 0.15) is 22.4 Å². The third-order valence-corrected chi connectivity index (χ3v) is 2.94. The van der Waals surface area contributed by atoms with Gasteiger partial charge in [-0.3, -0.25) is 0 Å². The number of alkyl halides is 1. The monoisotopic (exact) mass is 296 g/mol. The molecule has 0 fully saturated rings. The lowest BCUT2D eigenvalue weighted by atomic mass is 10.1. The number of aromatic nitrogens is 1. The van der Waals surface area contributed by atoms with Crippen molar-refractivity contribution in [2.24, 2.45) is 0 Å². The molecule has 1 heterocycles. The number of aryl methyl sites for hydroxylation is 1. The first-order valence-electron chi connectivity index (χ1n) is 6.37. The summed E-state index contributed by atoms with van der Waals surface area (Å²) >= 11 is 5.60. The van der Waals surface area contributed by atoms with Gasteiger partial charge < -0.3 is 4.74 Å². The topological polar surface area (TPSA) is 45.9 Å². The van der Waals surface area contributed by atoms with Crippen LogP contribution in [0.15, 0.2) is 36.5 Å². The van der Waals surface area contributed by atoms with Gasteiger partial charge in [0.25, 0.3) is 0 Å². The van der Waals surface area contributed by atoms with Gasteiger partial charge in [-0.05, 0) is 30.7 Å². The molecule has 4 heteroatoms. The van der Waals surface area contributed by atoms with Gasteiger partial charge in [0.1, 0.15) is 24.1 Å². The lowest BCUT2D eigenvalue weighted by molar-refractivity contribution is 0.304. The van der Waals surface area contributed by atoms with E-state index in [1.807, 2.05) is 31.2 Å². The summed E-state index contributed by atoms with van der Waals surface area (Å²) in [6, 6.07) is 11.4. The SMILES string of the molecule is Cc1ccc(OCc2cccnc2C#N)c(C#CCCl)c1. The van der Waals surface area contributed by atoms with Crippen LogP contribution < -0.4 is 4.74 Å². The first-order valence-corrected chi connectivity index (χ1v) is 6.90. The second-order valence-electron chi connectivity index (χ2n) is 4.35. The van der Waals surface area contributed by atoms with Gasteiger partial charge in [-0.1, -0.05) is 24.0 Å². The summed E-state index contributed by atoms with van der Waals surface area (Å²) in [6.45, 7) is 2.26. The van der Waals surface area contributed by atoms with Crippen molar-refractivity contribution >= 4 is 11.6 Å². The molecule has 0 aliphatic rings. The van der Waals surface area contributed by atoms with Gasteiger partial charge in [0, 0.05) is 11.8 Å². The Morgan fingerprint density at radius 3 is 2.95 bits per heavy atom. The molecule has 1 aromatic carbocycles. The summed E-state index contributed by atoms with van der Waals surface area (Å²) in [5.74, 6) is 6.75. The van der Waals surface area contributed by atoms with E-state index in [2.05, 4.69) is 22.9 Å². The molecule has 0 aliphatic carbocycles. The number of benzene rings is 1. The predicted molar refractivity (Wildman–Crippen MR) is 82.1 cm³/mol. The van der Waals surface area contributed by atoms with Crippen LogP contribution in [-0.2, 0) is 6.61 Å². The molecule has 0 amide bonds. The smallest absolute Gasteiger partial charge is 0.147 e. The fourth-order valence-electron chi connectivity index (χ4n) is 1.81. The number of hydrogen-bond donors (Lipinski definition) is 0. The molecule has 0 saturated heterocycles. The van der Waals surface area contributed by atoms with Gasteiger partial charge >= 0.3 is 0 Å². The lowest BCUT2D eigenvalue weighted by Crippen LogP contribution is -2.01. The van der Waals surface area contributed by atoms with Crippen LogP contribution in [0.25, 0.3) is 0 Å². The zero-order valence-corrected chi connectivity index (χ0v) is 12.3. The van der Waals surface area contributed by atoms with Crippen LogP contribution in [-0.4, -0.2) is 10.9 Å². The maximum atomic E-state index is 9.02. The summed E-state index contributed by atoms with van der Waals surface area (Å²) in [7, 11) is 0. The molecular formula is C17H13ClN2O. The molecule has 21 heavy (non-hydrogen) atoms. The van der Waals surface area contributed by atoms with Gasteiger partial charge in [-0.2, -0.15) is 5.26 Å².